The zero-order valence-electron chi connectivity index (χ0n) is 11.9. The molecule has 19 heavy (non-hydrogen) atoms. The summed E-state index contributed by atoms with van der Waals surface area (Å²) in [6.07, 6.45) is 0. The number of methoxy groups -OCH3 is 2. The Morgan fingerprint density at radius 1 is 1.05 bits per heavy atom. The summed E-state index contributed by atoms with van der Waals surface area (Å²) in [5.41, 5.74) is 0.750. The molecule has 5 heteroatoms. The van der Waals surface area contributed by atoms with Crippen LogP contribution in [0.2, 0.25) is 0 Å². The highest BCUT2D eigenvalue weighted by Crippen LogP contribution is 2.32. The standard InChI is InChI=1S/C14H20O5/c1-7(6-15)8(2)10-9(3)11(16)13(18-4)14(19-5)12(10)17/h7-8,15H,6H2,1-5H3. The number of allylic oxidation sites excluding steroid dienone is 2. The van der Waals surface area contributed by atoms with E-state index in [-0.39, 0.29) is 41.5 Å². The molecule has 1 aliphatic carbocycles. The van der Waals surface area contributed by atoms with Crippen LogP contribution in [0.3, 0.4) is 0 Å². The number of carbonyl (C=O) groups excluding carboxylic acids is 2. The first kappa shape index (κ1) is 15.4. The fraction of sp³-hybridized carbons (Fsp3) is 0.571. The van der Waals surface area contributed by atoms with Gasteiger partial charge < -0.3 is 14.6 Å². The highest BCUT2D eigenvalue weighted by molar-refractivity contribution is 6.23. The molecule has 1 aliphatic rings. The molecule has 2 unspecified atom stereocenters. The molecule has 0 bridgehead atoms. The van der Waals surface area contributed by atoms with Crippen LogP contribution >= 0.6 is 0 Å². The van der Waals surface area contributed by atoms with Crippen LogP contribution in [0.1, 0.15) is 20.8 Å². The minimum atomic E-state index is -0.343. The second kappa shape index (κ2) is 6.02. The quantitative estimate of drug-likeness (QED) is 0.759. The van der Waals surface area contributed by atoms with Crippen molar-refractivity contribution in [2.75, 3.05) is 20.8 Å². The van der Waals surface area contributed by atoms with E-state index in [1.807, 2.05) is 13.8 Å². The average Bonchev–Trinajstić information content (AvgIpc) is 2.41. The van der Waals surface area contributed by atoms with Crippen molar-refractivity contribution in [3.05, 3.63) is 22.7 Å². The van der Waals surface area contributed by atoms with Crippen molar-refractivity contribution in [2.45, 2.75) is 20.8 Å². The molecule has 0 fully saturated rings. The maximum absolute atomic E-state index is 12.4. The molecule has 0 aliphatic heterocycles. The summed E-state index contributed by atoms with van der Waals surface area (Å²) >= 11 is 0. The number of aliphatic hydroxyl groups excluding tert-OH is 1. The normalized spacial score (nSPS) is 19.7. The molecule has 0 spiro atoms. The van der Waals surface area contributed by atoms with Crippen molar-refractivity contribution >= 4 is 11.6 Å². The van der Waals surface area contributed by atoms with Crippen molar-refractivity contribution in [1.29, 1.82) is 0 Å². The van der Waals surface area contributed by atoms with Crippen LogP contribution in [0, 0.1) is 11.8 Å². The lowest BCUT2D eigenvalue weighted by Crippen LogP contribution is -2.30. The lowest BCUT2D eigenvalue weighted by Gasteiger charge is -2.26. The molecular formula is C14H20O5. The molecule has 0 saturated heterocycles. The average molecular weight is 268 g/mol. The van der Waals surface area contributed by atoms with Gasteiger partial charge in [-0.1, -0.05) is 13.8 Å². The molecular weight excluding hydrogens is 248 g/mol. The van der Waals surface area contributed by atoms with Gasteiger partial charge in [-0.05, 0) is 18.8 Å². The highest BCUT2D eigenvalue weighted by Gasteiger charge is 2.37. The Morgan fingerprint density at radius 3 is 1.95 bits per heavy atom. The van der Waals surface area contributed by atoms with Crippen molar-refractivity contribution in [2.24, 2.45) is 11.8 Å². The van der Waals surface area contributed by atoms with E-state index in [1.165, 1.54) is 14.2 Å². The maximum Gasteiger partial charge on any atom is 0.228 e. The zero-order valence-corrected chi connectivity index (χ0v) is 11.9. The van der Waals surface area contributed by atoms with Gasteiger partial charge >= 0.3 is 0 Å². The number of rotatable bonds is 5. The Labute approximate surface area is 112 Å². The summed E-state index contributed by atoms with van der Waals surface area (Å²) in [5.74, 6) is -1.16. The molecule has 0 saturated carbocycles. The summed E-state index contributed by atoms with van der Waals surface area (Å²) in [6.45, 7) is 5.19. The topological polar surface area (TPSA) is 72.8 Å². The summed E-state index contributed by atoms with van der Waals surface area (Å²) in [6, 6.07) is 0. The van der Waals surface area contributed by atoms with Crippen molar-refractivity contribution in [3.8, 4) is 0 Å². The molecule has 0 amide bonds. The van der Waals surface area contributed by atoms with Crippen molar-refractivity contribution in [1.82, 2.24) is 0 Å². The summed E-state index contributed by atoms with van der Waals surface area (Å²) in [7, 11) is 2.66. The predicted octanol–water partition coefficient (Wildman–Crippen LogP) is 1.22. The number of Topliss-reactive ketones (excluding diaryl/α,β-unsaturated/α-hetero) is 2. The fourth-order valence-corrected chi connectivity index (χ4v) is 2.15. The van der Waals surface area contributed by atoms with Gasteiger partial charge in [0.2, 0.25) is 23.1 Å². The van der Waals surface area contributed by atoms with Crippen LogP contribution < -0.4 is 0 Å². The third-order valence-corrected chi connectivity index (χ3v) is 3.61. The van der Waals surface area contributed by atoms with E-state index >= 15 is 0 Å². The Balaban J connectivity index is 3.31. The second-order valence-corrected chi connectivity index (χ2v) is 4.71. The first-order chi connectivity index (χ1) is 8.90. The van der Waals surface area contributed by atoms with E-state index in [0.717, 1.165) is 0 Å². The Morgan fingerprint density at radius 2 is 1.53 bits per heavy atom. The van der Waals surface area contributed by atoms with Crippen LogP contribution in [0.15, 0.2) is 22.7 Å². The molecule has 5 nitrogen and oxygen atoms in total. The Bertz CT molecular complexity index is 458. The van der Waals surface area contributed by atoms with Crippen molar-refractivity contribution < 1.29 is 24.2 Å². The molecule has 2 atom stereocenters. The lowest BCUT2D eigenvalue weighted by atomic mass is 9.80. The lowest BCUT2D eigenvalue weighted by molar-refractivity contribution is -0.121. The molecule has 1 N–H and O–H groups in total. The van der Waals surface area contributed by atoms with Gasteiger partial charge in [0.15, 0.2) is 0 Å². The van der Waals surface area contributed by atoms with Gasteiger partial charge in [0, 0.05) is 17.8 Å². The van der Waals surface area contributed by atoms with Crippen LogP contribution in [0.25, 0.3) is 0 Å². The molecule has 1 rings (SSSR count). The van der Waals surface area contributed by atoms with E-state index in [9.17, 15) is 14.7 Å². The van der Waals surface area contributed by atoms with Crippen LogP contribution in [-0.4, -0.2) is 37.5 Å². The molecule has 0 aromatic rings. The van der Waals surface area contributed by atoms with E-state index in [2.05, 4.69) is 0 Å². The Kier molecular flexibility index (Phi) is 4.89. The third-order valence-electron chi connectivity index (χ3n) is 3.61. The molecule has 0 aromatic heterocycles. The molecule has 0 radical (unpaired) electrons. The molecule has 106 valence electrons. The number of ketones is 2. The molecule has 0 heterocycles. The number of hydrogen-bond acceptors (Lipinski definition) is 5. The largest absolute Gasteiger partial charge is 0.489 e. The van der Waals surface area contributed by atoms with E-state index in [1.54, 1.807) is 6.92 Å². The third kappa shape index (κ3) is 2.56. The highest BCUT2D eigenvalue weighted by atomic mass is 16.5. The second-order valence-electron chi connectivity index (χ2n) is 4.71. The monoisotopic (exact) mass is 268 g/mol. The minimum absolute atomic E-state index is 0.0530. The minimum Gasteiger partial charge on any atom is -0.489 e. The van der Waals surface area contributed by atoms with Crippen LogP contribution in [0.4, 0.5) is 0 Å². The van der Waals surface area contributed by atoms with Gasteiger partial charge in [-0.2, -0.15) is 0 Å². The first-order valence-electron chi connectivity index (χ1n) is 6.13. The maximum atomic E-state index is 12.4. The Hall–Kier alpha value is -1.62. The van der Waals surface area contributed by atoms with Crippen molar-refractivity contribution in [3.63, 3.8) is 0 Å². The van der Waals surface area contributed by atoms with E-state index < -0.39 is 0 Å². The van der Waals surface area contributed by atoms with E-state index in [0.29, 0.717) is 11.1 Å². The SMILES string of the molecule is COC1=C(OC)C(=O)C(C(C)C(C)CO)=C(C)C1=O. The van der Waals surface area contributed by atoms with E-state index in [4.69, 9.17) is 9.47 Å². The summed E-state index contributed by atoms with van der Waals surface area (Å²) < 4.78 is 9.97. The molecule has 0 aromatic carbocycles. The van der Waals surface area contributed by atoms with Gasteiger partial charge in [0.1, 0.15) is 0 Å². The summed E-state index contributed by atoms with van der Waals surface area (Å²) in [4.78, 5) is 24.6. The number of carbonyl (C=O) groups is 2. The zero-order chi connectivity index (χ0) is 14.7. The van der Waals surface area contributed by atoms with Gasteiger partial charge in [-0.15, -0.1) is 0 Å². The number of hydrogen-bond donors (Lipinski definition) is 1. The fourth-order valence-electron chi connectivity index (χ4n) is 2.15. The van der Waals surface area contributed by atoms with Crippen LogP contribution in [0.5, 0.6) is 0 Å². The number of aliphatic hydroxyl groups is 1. The smallest absolute Gasteiger partial charge is 0.228 e. The summed E-state index contributed by atoms with van der Waals surface area (Å²) in [5, 5.41) is 9.21. The first-order valence-corrected chi connectivity index (χ1v) is 6.13. The van der Waals surface area contributed by atoms with Gasteiger partial charge in [-0.25, -0.2) is 0 Å². The van der Waals surface area contributed by atoms with Crippen LogP contribution in [-0.2, 0) is 19.1 Å². The predicted molar refractivity (Wildman–Crippen MR) is 69.2 cm³/mol. The van der Waals surface area contributed by atoms with Gasteiger partial charge in [0.25, 0.3) is 0 Å². The van der Waals surface area contributed by atoms with Gasteiger partial charge in [0.05, 0.1) is 14.2 Å². The number of ether oxygens (including phenoxy) is 2. The van der Waals surface area contributed by atoms with Gasteiger partial charge in [-0.3, -0.25) is 9.59 Å².